The average molecular weight is 379 g/mol. The Morgan fingerprint density at radius 2 is 1.43 bits per heavy atom. The van der Waals surface area contributed by atoms with E-state index in [1.54, 1.807) is 18.2 Å². The predicted molar refractivity (Wildman–Crippen MR) is 88.6 cm³/mol. The molecule has 120 valence electrons. The van der Waals surface area contributed by atoms with Gasteiger partial charge in [-0.15, -0.1) is 0 Å². The van der Waals surface area contributed by atoms with E-state index in [4.69, 9.17) is 0 Å². The van der Waals surface area contributed by atoms with Crippen molar-refractivity contribution >= 4 is 27.7 Å². The molecule has 0 unspecified atom stereocenters. The van der Waals surface area contributed by atoms with E-state index in [0.717, 1.165) is 0 Å². The van der Waals surface area contributed by atoms with E-state index in [9.17, 15) is 19.8 Å². The van der Waals surface area contributed by atoms with Gasteiger partial charge in [-0.1, -0.05) is 28.1 Å². The lowest BCUT2D eigenvalue weighted by Gasteiger charge is -2.09. The van der Waals surface area contributed by atoms with Crippen LogP contribution in [0.15, 0.2) is 46.9 Å². The first-order valence-electron chi connectivity index (χ1n) is 6.82. The molecular formula is C16H15BrN2O4. The van der Waals surface area contributed by atoms with Crippen LogP contribution in [-0.2, 0) is 0 Å². The molecule has 2 aromatic carbocycles. The van der Waals surface area contributed by atoms with Crippen molar-refractivity contribution in [3.63, 3.8) is 0 Å². The average Bonchev–Trinajstić information content (AvgIpc) is 2.53. The van der Waals surface area contributed by atoms with Gasteiger partial charge < -0.3 is 20.8 Å². The SMILES string of the molecule is O=C(NCCNC(=O)c1cc(Br)ccc1O)c1ccccc1O. The Kier molecular flexibility index (Phi) is 5.59. The van der Waals surface area contributed by atoms with Crippen LogP contribution in [0.4, 0.5) is 0 Å². The van der Waals surface area contributed by atoms with E-state index in [1.807, 2.05) is 0 Å². The Morgan fingerprint density at radius 1 is 0.870 bits per heavy atom. The first-order chi connectivity index (χ1) is 11.0. The van der Waals surface area contributed by atoms with Gasteiger partial charge in [0.05, 0.1) is 11.1 Å². The molecule has 6 nitrogen and oxygen atoms in total. The highest BCUT2D eigenvalue weighted by molar-refractivity contribution is 9.10. The van der Waals surface area contributed by atoms with Crippen LogP contribution < -0.4 is 10.6 Å². The summed E-state index contributed by atoms with van der Waals surface area (Å²) >= 11 is 3.23. The van der Waals surface area contributed by atoms with E-state index in [-0.39, 0.29) is 35.7 Å². The number of carbonyl (C=O) groups excluding carboxylic acids is 2. The Balaban J connectivity index is 1.83. The second-order valence-corrected chi connectivity index (χ2v) is 5.61. The summed E-state index contributed by atoms with van der Waals surface area (Å²) in [4.78, 5) is 23.8. The van der Waals surface area contributed by atoms with Gasteiger partial charge in [0.15, 0.2) is 0 Å². The van der Waals surface area contributed by atoms with Crippen LogP contribution in [0, 0.1) is 0 Å². The normalized spacial score (nSPS) is 10.1. The summed E-state index contributed by atoms with van der Waals surface area (Å²) in [6.07, 6.45) is 0. The summed E-state index contributed by atoms with van der Waals surface area (Å²) in [5, 5.41) is 24.4. The number of halogens is 1. The van der Waals surface area contributed by atoms with E-state index >= 15 is 0 Å². The minimum Gasteiger partial charge on any atom is -0.507 e. The second-order valence-electron chi connectivity index (χ2n) is 4.69. The lowest BCUT2D eigenvalue weighted by Crippen LogP contribution is -2.34. The number of carbonyl (C=O) groups is 2. The van der Waals surface area contributed by atoms with Crippen molar-refractivity contribution in [1.29, 1.82) is 0 Å². The number of amides is 2. The zero-order valence-electron chi connectivity index (χ0n) is 12.0. The van der Waals surface area contributed by atoms with Crippen molar-refractivity contribution in [2.24, 2.45) is 0 Å². The zero-order valence-corrected chi connectivity index (χ0v) is 13.6. The maximum atomic E-state index is 11.9. The van der Waals surface area contributed by atoms with Crippen molar-refractivity contribution in [2.75, 3.05) is 13.1 Å². The number of hydrogen-bond acceptors (Lipinski definition) is 4. The Bertz CT molecular complexity index is 734. The van der Waals surface area contributed by atoms with Gasteiger partial charge in [0.1, 0.15) is 11.5 Å². The fraction of sp³-hybridized carbons (Fsp3) is 0.125. The van der Waals surface area contributed by atoms with Gasteiger partial charge in [-0.05, 0) is 30.3 Å². The van der Waals surface area contributed by atoms with Crippen molar-refractivity contribution < 1.29 is 19.8 Å². The topological polar surface area (TPSA) is 98.7 Å². The standard InChI is InChI=1S/C16H15BrN2O4/c17-10-5-6-14(21)12(9-10)16(23)19-8-7-18-15(22)11-3-1-2-4-13(11)20/h1-6,9,20-21H,7-8H2,(H,18,22)(H,19,23). The van der Waals surface area contributed by atoms with Gasteiger partial charge in [0, 0.05) is 17.6 Å². The smallest absolute Gasteiger partial charge is 0.255 e. The Labute approximate surface area is 141 Å². The molecule has 2 aromatic rings. The lowest BCUT2D eigenvalue weighted by molar-refractivity contribution is 0.0924. The number of phenols is 2. The molecule has 2 amide bonds. The molecule has 0 aliphatic carbocycles. The molecule has 0 bridgehead atoms. The van der Waals surface area contributed by atoms with Gasteiger partial charge >= 0.3 is 0 Å². The molecule has 0 atom stereocenters. The van der Waals surface area contributed by atoms with Crippen LogP contribution in [0.3, 0.4) is 0 Å². The fourth-order valence-electron chi connectivity index (χ4n) is 1.90. The minimum atomic E-state index is -0.444. The molecule has 0 aromatic heterocycles. The molecule has 0 radical (unpaired) electrons. The Morgan fingerprint density at radius 3 is 2.09 bits per heavy atom. The second kappa shape index (κ2) is 7.64. The van der Waals surface area contributed by atoms with E-state index in [0.29, 0.717) is 4.47 Å². The number of benzene rings is 2. The molecule has 0 saturated heterocycles. The summed E-state index contributed by atoms with van der Waals surface area (Å²) in [6, 6.07) is 10.7. The van der Waals surface area contributed by atoms with E-state index in [1.165, 1.54) is 24.3 Å². The maximum absolute atomic E-state index is 11.9. The summed E-state index contributed by atoms with van der Waals surface area (Å²) in [5.74, 6) is -1.10. The molecule has 7 heteroatoms. The van der Waals surface area contributed by atoms with Crippen molar-refractivity contribution in [2.45, 2.75) is 0 Å². The van der Waals surface area contributed by atoms with Gasteiger partial charge in [-0.2, -0.15) is 0 Å². The monoisotopic (exact) mass is 378 g/mol. The van der Waals surface area contributed by atoms with E-state index < -0.39 is 11.8 Å². The highest BCUT2D eigenvalue weighted by atomic mass is 79.9. The summed E-state index contributed by atoms with van der Waals surface area (Å²) in [7, 11) is 0. The number of nitrogens with one attached hydrogen (secondary N) is 2. The molecule has 0 aliphatic heterocycles. The summed E-state index contributed by atoms with van der Waals surface area (Å²) in [5.41, 5.74) is 0.315. The highest BCUT2D eigenvalue weighted by Crippen LogP contribution is 2.21. The van der Waals surface area contributed by atoms with Crippen LogP contribution in [-0.4, -0.2) is 35.1 Å². The number of para-hydroxylation sites is 1. The number of hydrogen-bond donors (Lipinski definition) is 4. The summed E-state index contributed by atoms with van der Waals surface area (Å²) in [6.45, 7) is 0.373. The zero-order chi connectivity index (χ0) is 16.8. The molecular weight excluding hydrogens is 364 g/mol. The van der Waals surface area contributed by atoms with Gasteiger partial charge in [0.2, 0.25) is 0 Å². The molecule has 2 rings (SSSR count). The molecule has 0 fully saturated rings. The van der Waals surface area contributed by atoms with Crippen molar-refractivity contribution in [3.05, 3.63) is 58.1 Å². The molecule has 0 aliphatic rings. The van der Waals surface area contributed by atoms with Crippen LogP contribution >= 0.6 is 15.9 Å². The van der Waals surface area contributed by atoms with Gasteiger partial charge in [0.25, 0.3) is 11.8 Å². The molecule has 0 spiro atoms. The Hall–Kier alpha value is -2.54. The van der Waals surface area contributed by atoms with Gasteiger partial charge in [-0.3, -0.25) is 9.59 Å². The molecule has 23 heavy (non-hydrogen) atoms. The first kappa shape index (κ1) is 16.8. The predicted octanol–water partition coefficient (Wildman–Crippen LogP) is 2.02. The maximum Gasteiger partial charge on any atom is 0.255 e. The number of phenolic OH excluding ortho intramolecular Hbond substituents is 2. The third-order valence-electron chi connectivity index (χ3n) is 3.05. The fourth-order valence-corrected chi connectivity index (χ4v) is 2.26. The molecule has 4 N–H and O–H groups in total. The highest BCUT2D eigenvalue weighted by Gasteiger charge is 2.12. The number of aromatic hydroxyl groups is 2. The third kappa shape index (κ3) is 4.46. The molecule has 0 saturated carbocycles. The quantitative estimate of drug-likeness (QED) is 0.598. The minimum absolute atomic E-state index is 0.104. The van der Waals surface area contributed by atoms with Gasteiger partial charge in [-0.25, -0.2) is 0 Å². The number of rotatable bonds is 5. The largest absolute Gasteiger partial charge is 0.507 e. The lowest BCUT2D eigenvalue weighted by atomic mass is 10.2. The molecule has 0 heterocycles. The van der Waals surface area contributed by atoms with Crippen LogP contribution in [0.2, 0.25) is 0 Å². The van der Waals surface area contributed by atoms with E-state index in [2.05, 4.69) is 26.6 Å². The third-order valence-corrected chi connectivity index (χ3v) is 3.54. The first-order valence-corrected chi connectivity index (χ1v) is 7.61. The van der Waals surface area contributed by atoms with Crippen molar-refractivity contribution in [1.82, 2.24) is 10.6 Å². The van der Waals surface area contributed by atoms with Crippen molar-refractivity contribution in [3.8, 4) is 11.5 Å². The van der Waals surface area contributed by atoms with Crippen LogP contribution in [0.5, 0.6) is 11.5 Å². The summed E-state index contributed by atoms with van der Waals surface area (Å²) < 4.78 is 0.674. The van der Waals surface area contributed by atoms with Crippen LogP contribution in [0.1, 0.15) is 20.7 Å². The van der Waals surface area contributed by atoms with Crippen LogP contribution in [0.25, 0.3) is 0 Å².